The Morgan fingerprint density at radius 1 is 1.04 bits per heavy atom. The van der Waals surface area contributed by atoms with Gasteiger partial charge in [-0.1, -0.05) is 12.1 Å². The summed E-state index contributed by atoms with van der Waals surface area (Å²) in [6, 6.07) is 16.1. The molecular weight excluding hydrogens is 350 g/mol. The summed E-state index contributed by atoms with van der Waals surface area (Å²) in [7, 11) is 0. The van der Waals surface area contributed by atoms with Crippen LogP contribution in [0, 0.1) is 4.91 Å². The average Bonchev–Trinajstić information content (AvgIpc) is 2.68. The molecule has 0 aliphatic carbocycles. The number of hydrogen-bond donors (Lipinski definition) is 1. The molecule has 26 heavy (non-hydrogen) atoms. The number of nitrogens with two attached hydrogens (primary N) is 1. The summed E-state index contributed by atoms with van der Waals surface area (Å²) in [5, 5.41) is 3.58. The van der Waals surface area contributed by atoms with Crippen molar-refractivity contribution in [1.82, 2.24) is 9.97 Å². The number of benzene rings is 2. The normalized spacial score (nSPS) is 12.0. The predicted molar refractivity (Wildman–Crippen MR) is 102 cm³/mol. The molecule has 1 heterocycles. The lowest BCUT2D eigenvalue weighted by atomic mass is 10.3. The molecule has 0 radical (unpaired) electrons. The molecule has 0 aliphatic heterocycles. The second kappa shape index (κ2) is 8.72. The van der Waals surface area contributed by atoms with Crippen LogP contribution in [-0.2, 0) is 0 Å². The van der Waals surface area contributed by atoms with Gasteiger partial charge in [-0.3, -0.25) is 4.99 Å². The van der Waals surface area contributed by atoms with Crippen LogP contribution in [-0.4, -0.2) is 22.4 Å². The Kier molecular flexibility index (Phi) is 5.89. The molecule has 0 amide bonds. The molecule has 8 heteroatoms. The van der Waals surface area contributed by atoms with Crippen molar-refractivity contribution in [3.8, 4) is 5.75 Å². The van der Waals surface area contributed by atoms with Crippen molar-refractivity contribution < 1.29 is 4.74 Å². The summed E-state index contributed by atoms with van der Waals surface area (Å²) in [6.45, 7) is 0. The third-order valence-electron chi connectivity index (χ3n) is 3.21. The molecule has 3 rings (SSSR count). The summed E-state index contributed by atoms with van der Waals surface area (Å²) in [5.74, 6) is 0.387. The quantitative estimate of drug-likeness (QED) is 0.293. The predicted octanol–water partition coefficient (Wildman–Crippen LogP) is 4.08. The van der Waals surface area contributed by atoms with Crippen LogP contribution in [0.4, 0.5) is 11.4 Å². The molecule has 0 saturated carbocycles. The maximum absolute atomic E-state index is 11.0. The fourth-order valence-corrected chi connectivity index (χ4v) is 2.70. The Hall–Kier alpha value is -3.26. The molecule has 2 N–H and O–H groups in total. The van der Waals surface area contributed by atoms with E-state index in [1.807, 2.05) is 24.3 Å². The van der Waals surface area contributed by atoms with Crippen molar-refractivity contribution in [3.63, 3.8) is 0 Å². The first-order valence-corrected chi connectivity index (χ1v) is 8.49. The van der Waals surface area contributed by atoms with Crippen LogP contribution in [0.5, 0.6) is 5.75 Å². The lowest BCUT2D eigenvalue weighted by Crippen LogP contribution is -2.15. The number of aliphatic imine (C=N–C) groups is 1. The largest absolute Gasteiger partial charge is 0.458 e. The molecule has 0 saturated heterocycles. The number of para-hydroxylation sites is 2. The summed E-state index contributed by atoms with van der Waals surface area (Å²) >= 11 is 1.45. The van der Waals surface area contributed by atoms with Gasteiger partial charge in [0.2, 0.25) is 0 Å². The molecule has 3 aromatic rings. The zero-order chi connectivity index (χ0) is 18.2. The second-order valence-corrected chi connectivity index (χ2v) is 6.10. The first kappa shape index (κ1) is 17.6. The molecule has 0 fully saturated rings. The van der Waals surface area contributed by atoms with Gasteiger partial charge in [-0.2, -0.15) is 0 Å². The van der Waals surface area contributed by atoms with Crippen LogP contribution < -0.4 is 10.5 Å². The molecule has 0 aliphatic rings. The third kappa shape index (κ3) is 4.87. The highest BCUT2D eigenvalue weighted by molar-refractivity contribution is 7.99. The van der Waals surface area contributed by atoms with Gasteiger partial charge in [0.15, 0.2) is 5.16 Å². The zero-order valence-electron chi connectivity index (χ0n) is 13.6. The monoisotopic (exact) mass is 365 g/mol. The highest BCUT2D eigenvalue weighted by atomic mass is 32.2. The number of nitrogen functional groups attached to an aromatic ring is 1. The van der Waals surface area contributed by atoms with Gasteiger partial charge in [0.05, 0.1) is 17.6 Å². The van der Waals surface area contributed by atoms with Gasteiger partial charge >= 0.3 is 0 Å². The van der Waals surface area contributed by atoms with Crippen molar-refractivity contribution in [3.05, 3.63) is 71.9 Å². The maximum Gasteiger partial charge on any atom is 0.265 e. The first-order chi connectivity index (χ1) is 12.7. The van der Waals surface area contributed by atoms with Crippen LogP contribution in [0.1, 0.15) is 0 Å². The van der Waals surface area contributed by atoms with Gasteiger partial charge in [-0.25, -0.2) is 9.97 Å². The minimum atomic E-state index is -1.06. The van der Waals surface area contributed by atoms with Crippen LogP contribution in [0.3, 0.4) is 0 Å². The van der Waals surface area contributed by atoms with Crippen molar-refractivity contribution in [2.75, 3.05) is 5.73 Å². The molecule has 0 spiro atoms. The van der Waals surface area contributed by atoms with Crippen molar-refractivity contribution >= 4 is 29.4 Å². The number of anilines is 1. The zero-order valence-corrected chi connectivity index (χ0v) is 14.4. The van der Waals surface area contributed by atoms with Crippen molar-refractivity contribution in [1.29, 1.82) is 0 Å². The van der Waals surface area contributed by atoms with E-state index in [0.717, 1.165) is 4.90 Å². The number of aromatic nitrogens is 2. The van der Waals surface area contributed by atoms with E-state index >= 15 is 0 Å². The highest BCUT2D eigenvalue weighted by Gasteiger charge is 2.09. The van der Waals surface area contributed by atoms with Crippen LogP contribution >= 0.6 is 11.8 Å². The van der Waals surface area contributed by atoms with Crippen LogP contribution in [0.25, 0.3) is 0 Å². The lowest BCUT2D eigenvalue weighted by Gasteiger charge is -2.09. The van der Waals surface area contributed by atoms with E-state index in [1.54, 1.807) is 42.7 Å². The van der Waals surface area contributed by atoms with Gasteiger partial charge in [-0.05, 0) is 59.4 Å². The van der Waals surface area contributed by atoms with Crippen LogP contribution in [0.2, 0.25) is 0 Å². The van der Waals surface area contributed by atoms with E-state index in [-0.39, 0.29) is 0 Å². The van der Waals surface area contributed by atoms with Gasteiger partial charge in [0.25, 0.3) is 6.23 Å². The van der Waals surface area contributed by atoms with E-state index < -0.39 is 6.23 Å². The minimum absolute atomic E-state index is 0.387. The van der Waals surface area contributed by atoms with Crippen molar-refractivity contribution in [2.24, 2.45) is 10.2 Å². The Labute approximate surface area is 154 Å². The van der Waals surface area contributed by atoms with E-state index in [9.17, 15) is 4.91 Å². The number of hydrogen-bond acceptors (Lipinski definition) is 8. The highest BCUT2D eigenvalue weighted by Crippen LogP contribution is 2.26. The third-order valence-corrected chi connectivity index (χ3v) is 4.11. The Balaban J connectivity index is 1.63. The van der Waals surface area contributed by atoms with E-state index in [0.29, 0.717) is 22.3 Å². The minimum Gasteiger partial charge on any atom is -0.458 e. The molecule has 1 aromatic heterocycles. The number of ether oxygens (including phenoxy) is 1. The Bertz CT molecular complexity index is 888. The van der Waals surface area contributed by atoms with Gasteiger partial charge < -0.3 is 10.5 Å². The number of nitroso groups, excluding NO2 is 1. The van der Waals surface area contributed by atoms with Gasteiger partial charge in [0.1, 0.15) is 5.75 Å². The summed E-state index contributed by atoms with van der Waals surface area (Å²) in [6.07, 6.45) is 3.66. The Morgan fingerprint density at radius 2 is 1.77 bits per heavy atom. The maximum atomic E-state index is 11.0. The molecule has 2 aromatic carbocycles. The lowest BCUT2D eigenvalue weighted by molar-refractivity contribution is 0.282. The van der Waals surface area contributed by atoms with E-state index in [4.69, 9.17) is 10.5 Å². The van der Waals surface area contributed by atoms with E-state index in [1.165, 1.54) is 18.0 Å². The van der Waals surface area contributed by atoms with Crippen molar-refractivity contribution in [2.45, 2.75) is 16.3 Å². The molecule has 7 nitrogen and oxygen atoms in total. The first-order valence-electron chi connectivity index (χ1n) is 7.67. The van der Waals surface area contributed by atoms with E-state index in [2.05, 4.69) is 20.1 Å². The molecule has 1 atom stereocenters. The average molecular weight is 365 g/mol. The molecule has 130 valence electrons. The van der Waals surface area contributed by atoms with Gasteiger partial charge in [0, 0.05) is 17.3 Å². The summed E-state index contributed by atoms with van der Waals surface area (Å²) in [5.41, 5.74) is 6.88. The number of rotatable bonds is 7. The fourth-order valence-electron chi connectivity index (χ4n) is 1.99. The van der Waals surface area contributed by atoms with Gasteiger partial charge in [-0.15, -0.1) is 4.91 Å². The number of nitrogens with zero attached hydrogens (tertiary/aromatic N) is 4. The standard InChI is InChI=1S/C18H15N5O2S/c19-15-4-1-2-5-16(15)25-17(23-24)12-22-13-6-8-14(9-7-13)26-18-20-10-3-11-21-18/h1-12,17H,19H2. The van der Waals surface area contributed by atoms with Crippen LogP contribution in [0.15, 0.2) is 87.2 Å². The smallest absolute Gasteiger partial charge is 0.265 e. The SMILES string of the molecule is Nc1ccccc1OC(C=Nc1ccc(Sc2ncccn2)cc1)N=O. The Morgan fingerprint density at radius 3 is 2.46 bits per heavy atom. The topological polar surface area (TPSA) is 103 Å². The molecule has 1 unspecified atom stereocenters. The molecule has 0 bridgehead atoms. The summed E-state index contributed by atoms with van der Waals surface area (Å²) < 4.78 is 5.44. The second-order valence-electron chi connectivity index (χ2n) is 5.06. The summed E-state index contributed by atoms with van der Waals surface area (Å²) in [4.78, 5) is 24.5. The molecular formula is C18H15N5O2S. The fraction of sp³-hybridized carbons (Fsp3) is 0.0556.